The summed E-state index contributed by atoms with van der Waals surface area (Å²) in [6.45, 7) is 10.2. The van der Waals surface area contributed by atoms with Crippen molar-refractivity contribution in [2.45, 2.75) is 96.6 Å². The smallest absolute Gasteiger partial charge is 0.410 e. The topological polar surface area (TPSA) is 125 Å². The maximum atomic E-state index is 13.8. The fourth-order valence-electron chi connectivity index (χ4n) is 6.34. The molecule has 0 saturated carbocycles. The Morgan fingerprint density at radius 2 is 1.71 bits per heavy atom. The first-order valence-electron chi connectivity index (χ1n) is 15.8. The van der Waals surface area contributed by atoms with E-state index in [1.165, 1.54) is 0 Å². The van der Waals surface area contributed by atoms with Gasteiger partial charge in [-0.25, -0.2) is 9.78 Å². The van der Waals surface area contributed by atoms with E-state index in [1.807, 2.05) is 65.0 Å². The number of oxazole rings is 1. The lowest BCUT2D eigenvalue weighted by molar-refractivity contribution is -0.00161. The molecule has 45 heavy (non-hydrogen) atoms. The molecule has 3 aromatic rings. The van der Waals surface area contributed by atoms with Crippen molar-refractivity contribution >= 4 is 17.9 Å². The molecule has 5 rings (SSSR count). The lowest BCUT2D eigenvalue weighted by atomic mass is 9.94. The molecule has 2 aliphatic heterocycles. The summed E-state index contributed by atoms with van der Waals surface area (Å²) >= 11 is 0. The Balaban J connectivity index is 1.37. The van der Waals surface area contributed by atoms with E-state index in [2.05, 4.69) is 10.3 Å². The number of aliphatic hydroxyl groups is 1. The van der Waals surface area contributed by atoms with Crippen molar-refractivity contribution in [3.63, 3.8) is 0 Å². The first kappa shape index (κ1) is 32.2. The monoisotopic (exact) mass is 616 g/mol. The van der Waals surface area contributed by atoms with E-state index in [0.29, 0.717) is 42.9 Å². The lowest BCUT2D eigenvalue weighted by Gasteiger charge is -2.35. The van der Waals surface area contributed by atoms with E-state index < -0.39 is 35.8 Å². The third kappa shape index (κ3) is 7.73. The van der Waals surface area contributed by atoms with Gasteiger partial charge in [0, 0.05) is 24.2 Å². The van der Waals surface area contributed by atoms with Crippen molar-refractivity contribution in [2.24, 2.45) is 0 Å². The molecule has 2 N–H and O–H groups in total. The Labute approximate surface area is 264 Å². The summed E-state index contributed by atoms with van der Waals surface area (Å²) in [4.78, 5) is 48.4. The normalized spacial score (nSPS) is 19.8. The molecule has 4 atom stereocenters. The van der Waals surface area contributed by atoms with Gasteiger partial charge in [0.15, 0.2) is 0 Å². The number of aliphatic hydroxyl groups excluding tert-OH is 1. The van der Waals surface area contributed by atoms with Crippen molar-refractivity contribution < 1.29 is 28.6 Å². The maximum Gasteiger partial charge on any atom is 0.410 e. The second-order valence-corrected chi connectivity index (χ2v) is 13.2. The summed E-state index contributed by atoms with van der Waals surface area (Å²) < 4.78 is 11.2. The SMILES string of the molecule is Cc1cc(C(=O)N[C@@H](Cc2ccccc2)[C@H](O)C2CCCN2C(=O)OC(C)(C)C)cc(C(=O)N2CCCC2c2nc(C)co2)c1. The molecule has 2 unspecified atom stereocenters. The second-order valence-electron chi connectivity index (χ2n) is 13.2. The minimum absolute atomic E-state index is 0.189. The van der Waals surface area contributed by atoms with Gasteiger partial charge in [-0.3, -0.25) is 9.59 Å². The summed E-state index contributed by atoms with van der Waals surface area (Å²) in [5.41, 5.74) is 2.52. The Kier molecular flexibility index (Phi) is 9.62. The molecule has 2 fully saturated rings. The first-order chi connectivity index (χ1) is 21.4. The molecular formula is C35H44N4O6. The van der Waals surface area contributed by atoms with Crippen LogP contribution in [-0.4, -0.2) is 74.7 Å². The Morgan fingerprint density at radius 1 is 1.02 bits per heavy atom. The number of carbonyl (C=O) groups excluding carboxylic acids is 3. The number of hydrogen-bond acceptors (Lipinski definition) is 7. The zero-order valence-corrected chi connectivity index (χ0v) is 26.8. The number of nitrogens with zero attached hydrogens (tertiary/aromatic N) is 3. The van der Waals surface area contributed by atoms with Crippen LogP contribution in [0.1, 0.15) is 95.9 Å². The molecule has 0 aliphatic carbocycles. The minimum atomic E-state index is -1.05. The first-order valence-corrected chi connectivity index (χ1v) is 15.8. The highest BCUT2D eigenvalue weighted by Crippen LogP contribution is 2.33. The molecule has 0 radical (unpaired) electrons. The molecule has 1 aromatic heterocycles. The second kappa shape index (κ2) is 13.4. The summed E-state index contributed by atoms with van der Waals surface area (Å²) in [7, 11) is 0. The van der Waals surface area contributed by atoms with Crippen molar-refractivity contribution in [1.82, 2.24) is 20.1 Å². The van der Waals surface area contributed by atoms with Gasteiger partial charge < -0.3 is 29.4 Å². The number of amides is 3. The minimum Gasteiger partial charge on any atom is -0.446 e. The van der Waals surface area contributed by atoms with Crippen LogP contribution < -0.4 is 5.32 Å². The molecule has 2 saturated heterocycles. The van der Waals surface area contributed by atoms with Gasteiger partial charge in [0.25, 0.3) is 11.8 Å². The van der Waals surface area contributed by atoms with E-state index in [1.54, 1.807) is 34.3 Å². The van der Waals surface area contributed by atoms with Crippen LogP contribution in [0.25, 0.3) is 0 Å². The standard InChI is InChI=1S/C35H44N4O6/c1-22-17-25(20-26(18-22)33(42)38-15-10-14-29(38)32-36-23(2)21-44-32)31(41)37-27(19-24-11-7-6-8-12-24)30(40)28-13-9-16-39(28)34(43)45-35(3,4)5/h6-8,11-12,17-18,20-21,27-30,40H,9-10,13-16,19H2,1-5H3,(H,37,41)/t27-,28?,29?,30-/m0/s1. The van der Waals surface area contributed by atoms with Crippen LogP contribution in [0.4, 0.5) is 4.79 Å². The molecule has 10 heteroatoms. The third-order valence-corrected chi connectivity index (χ3v) is 8.37. The number of carbonyl (C=O) groups is 3. The van der Waals surface area contributed by atoms with Gasteiger partial charge in [0.1, 0.15) is 17.9 Å². The lowest BCUT2D eigenvalue weighted by Crippen LogP contribution is -2.54. The molecule has 2 aromatic carbocycles. The van der Waals surface area contributed by atoms with Gasteiger partial charge in [0.05, 0.1) is 23.9 Å². The predicted octanol–water partition coefficient (Wildman–Crippen LogP) is 5.37. The van der Waals surface area contributed by atoms with Gasteiger partial charge >= 0.3 is 6.09 Å². The number of hydrogen-bond donors (Lipinski definition) is 2. The fourth-order valence-corrected chi connectivity index (χ4v) is 6.34. The molecule has 0 bridgehead atoms. The molecule has 2 aliphatic rings. The molecule has 240 valence electrons. The van der Waals surface area contributed by atoms with Crippen LogP contribution in [0.15, 0.2) is 59.2 Å². The highest BCUT2D eigenvalue weighted by Gasteiger charge is 2.40. The van der Waals surface area contributed by atoms with Crippen molar-refractivity contribution in [3.05, 3.63) is 88.6 Å². The molecule has 3 heterocycles. The third-order valence-electron chi connectivity index (χ3n) is 8.37. The van der Waals surface area contributed by atoms with Gasteiger partial charge in [-0.2, -0.15) is 0 Å². The molecule has 3 amide bonds. The Hall–Kier alpha value is -4.18. The number of benzene rings is 2. The molecule has 10 nitrogen and oxygen atoms in total. The summed E-state index contributed by atoms with van der Waals surface area (Å²) in [6, 6.07) is 13.3. The van der Waals surface area contributed by atoms with Crippen molar-refractivity contribution in [3.8, 4) is 0 Å². The van der Waals surface area contributed by atoms with E-state index >= 15 is 0 Å². The quantitative estimate of drug-likeness (QED) is 0.349. The van der Waals surface area contributed by atoms with E-state index in [4.69, 9.17) is 9.15 Å². The fraction of sp³-hybridized carbons (Fsp3) is 0.486. The van der Waals surface area contributed by atoms with E-state index in [0.717, 1.165) is 36.1 Å². The van der Waals surface area contributed by atoms with Gasteiger partial charge in [-0.15, -0.1) is 0 Å². The predicted molar refractivity (Wildman–Crippen MR) is 169 cm³/mol. The zero-order chi connectivity index (χ0) is 32.3. The Morgan fingerprint density at radius 3 is 2.40 bits per heavy atom. The number of aromatic nitrogens is 1. The van der Waals surface area contributed by atoms with Crippen LogP contribution in [0.5, 0.6) is 0 Å². The van der Waals surface area contributed by atoms with E-state index in [9.17, 15) is 19.5 Å². The number of ether oxygens (including phenoxy) is 1. The average molecular weight is 617 g/mol. The van der Waals surface area contributed by atoms with Gasteiger partial charge in [-0.05, 0) is 96.0 Å². The summed E-state index contributed by atoms with van der Waals surface area (Å²) in [5.74, 6) is -0.0733. The average Bonchev–Trinajstić information content (AvgIpc) is 3.76. The van der Waals surface area contributed by atoms with Crippen LogP contribution in [0.2, 0.25) is 0 Å². The van der Waals surface area contributed by atoms with Crippen LogP contribution >= 0.6 is 0 Å². The van der Waals surface area contributed by atoms with Crippen LogP contribution in [-0.2, 0) is 11.2 Å². The zero-order valence-electron chi connectivity index (χ0n) is 26.8. The number of rotatable bonds is 8. The van der Waals surface area contributed by atoms with Gasteiger partial charge in [-0.1, -0.05) is 30.3 Å². The highest BCUT2D eigenvalue weighted by atomic mass is 16.6. The highest BCUT2D eigenvalue weighted by molar-refractivity contribution is 6.00. The number of nitrogens with one attached hydrogen (secondary N) is 1. The number of aryl methyl sites for hydroxylation is 2. The van der Waals surface area contributed by atoms with Crippen molar-refractivity contribution in [1.29, 1.82) is 0 Å². The largest absolute Gasteiger partial charge is 0.446 e. The van der Waals surface area contributed by atoms with Crippen LogP contribution in [0.3, 0.4) is 0 Å². The molecular weight excluding hydrogens is 572 g/mol. The molecule has 0 spiro atoms. The maximum absolute atomic E-state index is 13.8. The summed E-state index contributed by atoms with van der Waals surface area (Å²) in [6.07, 6.45) is 3.31. The Bertz CT molecular complexity index is 1510. The van der Waals surface area contributed by atoms with E-state index in [-0.39, 0.29) is 11.9 Å². The van der Waals surface area contributed by atoms with Gasteiger partial charge in [0.2, 0.25) is 5.89 Å². The number of likely N-dealkylation sites (tertiary alicyclic amines) is 2. The van der Waals surface area contributed by atoms with Crippen LogP contribution in [0, 0.1) is 13.8 Å². The summed E-state index contributed by atoms with van der Waals surface area (Å²) in [5, 5.41) is 14.8. The van der Waals surface area contributed by atoms with Crippen molar-refractivity contribution in [2.75, 3.05) is 13.1 Å².